The lowest BCUT2D eigenvalue weighted by Gasteiger charge is -2.32. The standard InChI is InChI=1S/C22H26N4O4S/c27-21(24-12-5-6-13-24)25-14-10-22(16-25)17-26(15-18-7-3-4-11-23-18)31(28,29)20-9-2-1-8-19(20)30-22/h1-4,7-9,11H,5-6,10,12-17H2. The first kappa shape index (κ1) is 20.3. The van der Waals surface area contributed by atoms with Crippen LogP contribution in [0, 0.1) is 0 Å². The second-order valence-electron chi connectivity index (χ2n) is 8.47. The van der Waals surface area contributed by atoms with Crippen molar-refractivity contribution in [3.05, 3.63) is 54.4 Å². The SMILES string of the molecule is O=C(N1CCCC1)N1CCC2(C1)CN(Cc1ccccn1)S(=O)(=O)c1ccccc1O2. The number of pyridine rings is 1. The molecule has 2 amide bonds. The van der Waals surface area contributed by atoms with Crippen LogP contribution in [0.1, 0.15) is 25.0 Å². The predicted molar refractivity (Wildman–Crippen MR) is 114 cm³/mol. The molecule has 31 heavy (non-hydrogen) atoms. The Balaban J connectivity index is 1.48. The summed E-state index contributed by atoms with van der Waals surface area (Å²) in [5, 5.41) is 0. The lowest BCUT2D eigenvalue weighted by molar-refractivity contribution is 0.0587. The van der Waals surface area contributed by atoms with Gasteiger partial charge in [0.05, 0.1) is 25.3 Å². The number of ether oxygens (including phenoxy) is 1. The van der Waals surface area contributed by atoms with Crippen LogP contribution in [0.25, 0.3) is 0 Å². The third-order valence-electron chi connectivity index (χ3n) is 6.29. The maximum atomic E-state index is 13.5. The third kappa shape index (κ3) is 3.76. The maximum absolute atomic E-state index is 13.5. The van der Waals surface area contributed by atoms with Gasteiger partial charge in [-0.25, -0.2) is 13.2 Å². The van der Waals surface area contributed by atoms with Crippen molar-refractivity contribution in [3.63, 3.8) is 0 Å². The minimum atomic E-state index is -3.78. The van der Waals surface area contributed by atoms with E-state index in [0.717, 1.165) is 25.9 Å². The van der Waals surface area contributed by atoms with E-state index in [2.05, 4.69) is 4.98 Å². The number of benzene rings is 1. The monoisotopic (exact) mass is 442 g/mol. The van der Waals surface area contributed by atoms with Crippen LogP contribution < -0.4 is 4.74 Å². The Bertz CT molecular complexity index is 1070. The maximum Gasteiger partial charge on any atom is 0.320 e. The molecular weight excluding hydrogens is 416 g/mol. The van der Waals surface area contributed by atoms with Gasteiger partial charge in [0.2, 0.25) is 10.0 Å². The molecular formula is C22H26N4O4S. The molecule has 1 unspecified atom stereocenters. The van der Waals surface area contributed by atoms with Gasteiger partial charge < -0.3 is 14.5 Å². The summed E-state index contributed by atoms with van der Waals surface area (Å²) in [4.78, 5) is 21.1. The fourth-order valence-corrected chi connectivity index (χ4v) is 6.30. The summed E-state index contributed by atoms with van der Waals surface area (Å²) in [5.74, 6) is 0.349. The van der Waals surface area contributed by atoms with Gasteiger partial charge in [0.1, 0.15) is 16.2 Å². The minimum Gasteiger partial charge on any atom is -0.483 e. The van der Waals surface area contributed by atoms with Gasteiger partial charge in [-0.2, -0.15) is 4.31 Å². The predicted octanol–water partition coefficient (Wildman–Crippen LogP) is 2.33. The van der Waals surface area contributed by atoms with Gasteiger partial charge >= 0.3 is 6.03 Å². The van der Waals surface area contributed by atoms with Crippen LogP contribution in [0.3, 0.4) is 0 Å². The first-order valence-electron chi connectivity index (χ1n) is 10.7. The summed E-state index contributed by atoms with van der Waals surface area (Å²) in [6, 6.07) is 12.2. The average Bonchev–Trinajstić information content (AvgIpc) is 3.43. The number of urea groups is 1. The number of sulfonamides is 1. The molecule has 0 bridgehead atoms. The second kappa shape index (κ2) is 7.80. The average molecular weight is 443 g/mol. The topological polar surface area (TPSA) is 83.1 Å². The van der Waals surface area contributed by atoms with Gasteiger partial charge in [-0.3, -0.25) is 4.98 Å². The molecule has 2 saturated heterocycles. The largest absolute Gasteiger partial charge is 0.483 e. The van der Waals surface area contributed by atoms with Crippen molar-refractivity contribution in [1.29, 1.82) is 0 Å². The van der Waals surface area contributed by atoms with E-state index in [-0.39, 0.29) is 24.0 Å². The van der Waals surface area contributed by atoms with Crippen LogP contribution in [-0.2, 0) is 16.6 Å². The van der Waals surface area contributed by atoms with Crippen LogP contribution in [0.4, 0.5) is 4.79 Å². The Morgan fingerprint density at radius 3 is 2.55 bits per heavy atom. The molecule has 2 aromatic rings. The molecule has 1 spiro atoms. The quantitative estimate of drug-likeness (QED) is 0.713. The molecule has 1 atom stereocenters. The van der Waals surface area contributed by atoms with Gasteiger partial charge in [0, 0.05) is 32.3 Å². The Morgan fingerprint density at radius 1 is 1.00 bits per heavy atom. The smallest absolute Gasteiger partial charge is 0.320 e. The van der Waals surface area contributed by atoms with Crippen LogP contribution in [0.15, 0.2) is 53.6 Å². The number of likely N-dealkylation sites (tertiary alicyclic amines) is 2. The molecule has 0 aliphatic carbocycles. The molecule has 0 saturated carbocycles. The van der Waals surface area contributed by atoms with Crippen molar-refractivity contribution >= 4 is 16.1 Å². The molecule has 0 N–H and O–H groups in total. The first-order valence-corrected chi connectivity index (χ1v) is 12.1. The molecule has 1 aromatic heterocycles. The van der Waals surface area contributed by atoms with E-state index in [1.165, 1.54) is 4.31 Å². The van der Waals surface area contributed by atoms with E-state index >= 15 is 0 Å². The minimum absolute atomic E-state index is 0.0228. The molecule has 4 heterocycles. The van der Waals surface area contributed by atoms with Crippen molar-refractivity contribution in [3.8, 4) is 5.75 Å². The van der Waals surface area contributed by atoms with Crippen LogP contribution in [0.5, 0.6) is 5.75 Å². The number of nitrogens with zero attached hydrogens (tertiary/aromatic N) is 4. The van der Waals surface area contributed by atoms with Crippen molar-refractivity contribution < 1.29 is 17.9 Å². The van der Waals surface area contributed by atoms with Crippen LogP contribution >= 0.6 is 0 Å². The zero-order chi connectivity index (χ0) is 21.5. The van der Waals surface area contributed by atoms with Crippen molar-refractivity contribution in [2.75, 3.05) is 32.7 Å². The number of hydrogen-bond acceptors (Lipinski definition) is 5. The van der Waals surface area contributed by atoms with Crippen molar-refractivity contribution in [2.45, 2.75) is 36.3 Å². The third-order valence-corrected chi connectivity index (χ3v) is 8.12. The number of rotatable bonds is 2. The highest BCUT2D eigenvalue weighted by molar-refractivity contribution is 7.89. The number of fused-ring (bicyclic) bond motifs is 1. The van der Waals surface area contributed by atoms with Crippen LogP contribution in [-0.4, -0.2) is 71.9 Å². The molecule has 8 nitrogen and oxygen atoms in total. The van der Waals surface area contributed by atoms with Crippen LogP contribution in [0.2, 0.25) is 0 Å². The highest BCUT2D eigenvalue weighted by atomic mass is 32.2. The lowest BCUT2D eigenvalue weighted by Crippen LogP contribution is -2.50. The van der Waals surface area contributed by atoms with E-state index in [1.807, 2.05) is 21.9 Å². The Morgan fingerprint density at radius 2 is 1.77 bits per heavy atom. The summed E-state index contributed by atoms with van der Waals surface area (Å²) in [7, 11) is -3.78. The second-order valence-corrected chi connectivity index (χ2v) is 10.4. The van der Waals surface area contributed by atoms with Crippen molar-refractivity contribution in [2.24, 2.45) is 0 Å². The Labute approximate surface area is 182 Å². The number of aromatic nitrogens is 1. The first-order chi connectivity index (χ1) is 15.0. The number of para-hydroxylation sites is 1. The highest BCUT2D eigenvalue weighted by Crippen LogP contribution is 2.39. The molecule has 164 valence electrons. The van der Waals surface area contributed by atoms with E-state index in [1.54, 1.807) is 36.5 Å². The molecule has 5 rings (SSSR count). The Kier molecular flexibility index (Phi) is 5.10. The van der Waals surface area contributed by atoms with E-state index < -0.39 is 15.6 Å². The van der Waals surface area contributed by atoms with E-state index in [0.29, 0.717) is 31.0 Å². The number of carbonyl (C=O) groups excluding carboxylic acids is 1. The van der Waals surface area contributed by atoms with Gasteiger partial charge in [0.25, 0.3) is 0 Å². The summed E-state index contributed by atoms with van der Waals surface area (Å²) in [6.07, 6.45) is 4.30. The molecule has 3 aliphatic heterocycles. The summed E-state index contributed by atoms with van der Waals surface area (Å²) >= 11 is 0. The van der Waals surface area contributed by atoms with Gasteiger partial charge in [-0.1, -0.05) is 18.2 Å². The normalized spacial score (nSPS) is 25.3. The van der Waals surface area contributed by atoms with Gasteiger partial charge in [0.15, 0.2) is 0 Å². The summed E-state index contributed by atoms with van der Waals surface area (Å²) < 4.78 is 34.9. The van der Waals surface area contributed by atoms with Gasteiger partial charge in [-0.05, 0) is 37.1 Å². The fraction of sp³-hybridized carbons (Fsp3) is 0.455. The van der Waals surface area contributed by atoms with E-state index in [4.69, 9.17) is 4.74 Å². The number of hydrogen-bond donors (Lipinski definition) is 0. The molecule has 2 fully saturated rings. The lowest BCUT2D eigenvalue weighted by atomic mass is 10.0. The molecule has 1 aromatic carbocycles. The molecule has 0 radical (unpaired) electrons. The molecule has 9 heteroatoms. The summed E-state index contributed by atoms with van der Waals surface area (Å²) in [5.41, 5.74) is -0.118. The zero-order valence-corrected chi connectivity index (χ0v) is 18.1. The van der Waals surface area contributed by atoms with E-state index in [9.17, 15) is 13.2 Å². The molecule has 3 aliphatic rings. The summed E-state index contributed by atoms with van der Waals surface area (Å²) in [6.45, 7) is 2.81. The Hall–Kier alpha value is -2.65. The number of carbonyl (C=O) groups is 1. The van der Waals surface area contributed by atoms with Crippen molar-refractivity contribution in [1.82, 2.24) is 19.1 Å². The zero-order valence-electron chi connectivity index (χ0n) is 17.3. The fourth-order valence-electron chi connectivity index (χ4n) is 4.70. The van der Waals surface area contributed by atoms with Gasteiger partial charge in [-0.15, -0.1) is 0 Å². The highest BCUT2D eigenvalue weighted by Gasteiger charge is 2.49. The number of amides is 2.